The van der Waals surface area contributed by atoms with E-state index in [1.54, 1.807) is 0 Å². The molecule has 0 fully saturated rings. The number of hydrogen-bond acceptors (Lipinski definition) is 3. The molecule has 2 rings (SSSR count). The SMILES string of the molecule is O=C(O)c1ccc(NC(=O)c2ccccc2C(F)F)nc1. The van der Waals surface area contributed by atoms with Gasteiger partial charge in [0.1, 0.15) is 5.82 Å². The fraction of sp³-hybridized carbons (Fsp3) is 0.0714. The van der Waals surface area contributed by atoms with Gasteiger partial charge in [-0.2, -0.15) is 0 Å². The van der Waals surface area contributed by atoms with Gasteiger partial charge in [0.05, 0.1) is 5.56 Å². The van der Waals surface area contributed by atoms with Crippen molar-refractivity contribution in [1.29, 1.82) is 0 Å². The maximum atomic E-state index is 12.8. The van der Waals surface area contributed by atoms with Gasteiger partial charge in [0.2, 0.25) is 0 Å². The van der Waals surface area contributed by atoms with E-state index in [9.17, 15) is 18.4 Å². The first-order valence-corrected chi connectivity index (χ1v) is 5.87. The van der Waals surface area contributed by atoms with Crippen LogP contribution in [0, 0.1) is 0 Å². The Morgan fingerprint density at radius 3 is 2.43 bits per heavy atom. The summed E-state index contributed by atoms with van der Waals surface area (Å²) in [7, 11) is 0. The summed E-state index contributed by atoms with van der Waals surface area (Å²) in [6.07, 6.45) is -1.70. The van der Waals surface area contributed by atoms with Gasteiger partial charge in [-0.25, -0.2) is 18.6 Å². The minimum absolute atomic E-state index is 0.0408. The molecule has 0 bridgehead atoms. The number of carboxylic acid groups (broad SMARTS) is 1. The predicted octanol–water partition coefficient (Wildman–Crippen LogP) is 2.97. The van der Waals surface area contributed by atoms with Crippen LogP contribution >= 0.6 is 0 Å². The van der Waals surface area contributed by atoms with Crippen molar-refractivity contribution in [1.82, 2.24) is 4.98 Å². The molecule has 108 valence electrons. The minimum atomic E-state index is -2.77. The van der Waals surface area contributed by atoms with E-state index in [0.29, 0.717) is 0 Å². The molecule has 1 aromatic heterocycles. The van der Waals surface area contributed by atoms with Crippen molar-refractivity contribution in [2.45, 2.75) is 6.43 Å². The van der Waals surface area contributed by atoms with Gasteiger partial charge in [-0.05, 0) is 18.2 Å². The van der Waals surface area contributed by atoms with Crippen LogP contribution in [0.1, 0.15) is 32.7 Å². The molecule has 0 spiro atoms. The number of benzene rings is 1. The summed E-state index contributed by atoms with van der Waals surface area (Å²) < 4.78 is 25.6. The molecule has 5 nitrogen and oxygen atoms in total. The van der Waals surface area contributed by atoms with Gasteiger partial charge in [0.15, 0.2) is 0 Å². The van der Waals surface area contributed by atoms with Gasteiger partial charge in [-0.15, -0.1) is 0 Å². The number of hydrogen-bond donors (Lipinski definition) is 2. The fourth-order valence-corrected chi connectivity index (χ4v) is 1.67. The molecule has 2 aromatic rings. The van der Waals surface area contributed by atoms with Gasteiger partial charge in [-0.3, -0.25) is 4.79 Å². The molecule has 0 saturated carbocycles. The van der Waals surface area contributed by atoms with E-state index in [1.165, 1.54) is 36.4 Å². The highest BCUT2D eigenvalue weighted by atomic mass is 19.3. The molecule has 0 aliphatic heterocycles. The molecule has 0 saturated heterocycles. The number of rotatable bonds is 4. The van der Waals surface area contributed by atoms with Crippen LogP contribution in [-0.2, 0) is 0 Å². The molecule has 7 heteroatoms. The van der Waals surface area contributed by atoms with E-state index >= 15 is 0 Å². The first-order valence-electron chi connectivity index (χ1n) is 5.87. The third kappa shape index (κ3) is 3.38. The Labute approximate surface area is 118 Å². The van der Waals surface area contributed by atoms with Crippen molar-refractivity contribution in [3.05, 3.63) is 59.3 Å². The van der Waals surface area contributed by atoms with Gasteiger partial charge >= 0.3 is 5.97 Å². The lowest BCUT2D eigenvalue weighted by molar-refractivity contribution is 0.0696. The number of halogens is 2. The first kappa shape index (κ1) is 14.6. The van der Waals surface area contributed by atoms with Gasteiger partial charge in [0, 0.05) is 17.3 Å². The molecular formula is C14H10F2N2O3. The number of carbonyl (C=O) groups excluding carboxylic acids is 1. The Balaban J connectivity index is 2.20. The van der Waals surface area contributed by atoms with Gasteiger partial charge in [-0.1, -0.05) is 18.2 Å². The van der Waals surface area contributed by atoms with E-state index < -0.39 is 18.3 Å². The number of nitrogens with zero attached hydrogens (tertiary/aromatic N) is 1. The van der Waals surface area contributed by atoms with Crippen molar-refractivity contribution in [3.8, 4) is 0 Å². The lowest BCUT2D eigenvalue weighted by atomic mass is 10.1. The molecule has 0 atom stereocenters. The van der Waals surface area contributed by atoms with Crippen molar-refractivity contribution in [2.24, 2.45) is 0 Å². The monoisotopic (exact) mass is 292 g/mol. The number of amides is 1. The summed E-state index contributed by atoms with van der Waals surface area (Å²) in [6, 6.07) is 7.87. The zero-order valence-corrected chi connectivity index (χ0v) is 10.6. The second-order valence-corrected chi connectivity index (χ2v) is 4.08. The standard InChI is InChI=1S/C14H10F2N2O3/c15-12(16)9-3-1-2-4-10(9)13(19)18-11-6-5-8(7-17-11)14(20)21/h1-7,12H,(H,20,21)(H,17,18,19). The molecular weight excluding hydrogens is 282 g/mol. The summed E-state index contributed by atoms with van der Waals surface area (Å²) in [5.74, 6) is -1.81. The Morgan fingerprint density at radius 2 is 1.86 bits per heavy atom. The van der Waals surface area contributed by atoms with Crippen LogP contribution in [0.2, 0.25) is 0 Å². The van der Waals surface area contributed by atoms with E-state index in [1.807, 2.05) is 0 Å². The van der Waals surface area contributed by atoms with E-state index in [0.717, 1.165) is 6.20 Å². The van der Waals surface area contributed by atoms with Crippen LogP contribution in [0.25, 0.3) is 0 Å². The highest BCUT2D eigenvalue weighted by molar-refractivity contribution is 6.05. The average Bonchev–Trinajstić information content (AvgIpc) is 2.47. The molecule has 0 radical (unpaired) electrons. The first-order chi connectivity index (χ1) is 9.99. The Morgan fingerprint density at radius 1 is 1.14 bits per heavy atom. The van der Waals surface area contributed by atoms with Gasteiger partial charge < -0.3 is 10.4 Å². The maximum Gasteiger partial charge on any atom is 0.337 e. The number of aromatic carboxylic acids is 1. The number of alkyl halides is 2. The Kier molecular flexibility index (Phi) is 4.22. The van der Waals surface area contributed by atoms with E-state index in [4.69, 9.17) is 5.11 Å². The van der Waals surface area contributed by atoms with E-state index in [2.05, 4.69) is 10.3 Å². The van der Waals surface area contributed by atoms with Crippen molar-refractivity contribution in [3.63, 3.8) is 0 Å². The average molecular weight is 292 g/mol. The number of carbonyl (C=O) groups is 2. The molecule has 0 unspecified atom stereocenters. The smallest absolute Gasteiger partial charge is 0.337 e. The normalized spacial score (nSPS) is 10.4. The van der Waals surface area contributed by atoms with Crippen molar-refractivity contribution < 1.29 is 23.5 Å². The lowest BCUT2D eigenvalue weighted by Gasteiger charge is -2.09. The summed E-state index contributed by atoms with van der Waals surface area (Å²) in [6.45, 7) is 0. The highest BCUT2D eigenvalue weighted by Gasteiger charge is 2.18. The fourth-order valence-electron chi connectivity index (χ4n) is 1.67. The molecule has 1 heterocycles. The van der Waals surface area contributed by atoms with Crippen molar-refractivity contribution in [2.75, 3.05) is 5.32 Å². The molecule has 1 amide bonds. The molecule has 0 aliphatic rings. The largest absolute Gasteiger partial charge is 0.478 e. The van der Waals surface area contributed by atoms with Crippen LogP contribution in [0.3, 0.4) is 0 Å². The number of nitrogens with one attached hydrogen (secondary N) is 1. The van der Waals surface area contributed by atoms with Gasteiger partial charge in [0.25, 0.3) is 12.3 Å². The second kappa shape index (κ2) is 6.08. The summed E-state index contributed by atoms with van der Waals surface area (Å²) in [4.78, 5) is 26.4. The highest BCUT2D eigenvalue weighted by Crippen LogP contribution is 2.23. The number of carboxylic acids is 1. The van der Waals surface area contributed by atoms with Crippen LogP contribution < -0.4 is 5.32 Å². The van der Waals surface area contributed by atoms with E-state index in [-0.39, 0.29) is 22.5 Å². The molecule has 2 N–H and O–H groups in total. The Bertz CT molecular complexity index is 672. The lowest BCUT2D eigenvalue weighted by Crippen LogP contribution is -2.15. The van der Waals surface area contributed by atoms with Crippen LogP contribution in [0.5, 0.6) is 0 Å². The third-order valence-corrected chi connectivity index (χ3v) is 2.69. The summed E-state index contributed by atoms with van der Waals surface area (Å²) in [5.41, 5.74) is -0.574. The number of anilines is 1. The number of pyridine rings is 1. The predicted molar refractivity (Wildman–Crippen MR) is 70.5 cm³/mol. The number of aromatic nitrogens is 1. The van der Waals surface area contributed by atoms with Crippen LogP contribution in [-0.4, -0.2) is 22.0 Å². The van der Waals surface area contributed by atoms with Crippen LogP contribution in [0.4, 0.5) is 14.6 Å². The van der Waals surface area contributed by atoms with Crippen LogP contribution in [0.15, 0.2) is 42.6 Å². The summed E-state index contributed by atoms with van der Waals surface area (Å²) >= 11 is 0. The topological polar surface area (TPSA) is 79.3 Å². The second-order valence-electron chi connectivity index (χ2n) is 4.08. The molecule has 0 aliphatic carbocycles. The Hall–Kier alpha value is -2.83. The third-order valence-electron chi connectivity index (χ3n) is 2.69. The minimum Gasteiger partial charge on any atom is -0.478 e. The molecule has 1 aromatic carbocycles. The molecule has 21 heavy (non-hydrogen) atoms. The van der Waals surface area contributed by atoms with Crippen molar-refractivity contribution >= 4 is 17.7 Å². The maximum absolute atomic E-state index is 12.8. The zero-order chi connectivity index (χ0) is 15.4. The summed E-state index contributed by atoms with van der Waals surface area (Å²) in [5, 5.41) is 11.1. The quantitative estimate of drug-likeness (QED) is 0.908. The zero-order valence-electron chi connectivity index (χ0n) is 10.6.